The SMILES string of the molecule is NC(=O)c1cccc2c1C1C(OCC(=O)O)=CC(c3ccco3)=CC1N2Cc1ccccc1. The van der Waals surface area contributed by atoms with Gasteiger partial charge in [0.05, 0.1) is 18.2 Å². The van der Waals surface area contributed by atoms with Crippen molar-refractivity contribution in [1.29, 1.82) is 0 Å². The van der Waals surface area contributed by atoms with Gasteiger partial charge in [0, 0.05) is 28.9 Å². The summed E-state index contributed by atoms with van der Waals surface area (Å²) in [4.78, 5) is 25.8. The van der Waals surface area contributed by atoms with Crippen LogP contribution < -0.4 is 10.6 Å². The zero-order valence-corrected chi connectivity index (χ0v) is 17.7. The number of carbonyl (C=O) groups is 2. The number of aliphatic carboxylic acids is 1. The second-order valence-electron chi connectivity index (χ2n) is 8.01. The Kier molecular flexibility index (Phi) is 5.22. The number of rotatable bonds is 7. The summed E-state index contributed by atoms with van der Waals surface area (Å²) < 4.78 is 11.4. The molecule has 0 radical (unpaired) electrons. The van der Waals surface area contributed by atoms with E-state index < -0.39 is 18.5 Å². The van der Waals surface area contributed by atoms with Gasteiger partial charge in [0.15, 0.2) is 6.61 Å². The highest BCUT2D eigenvalue weighted by Crippen LogP contribution is 2.51. The summed E-state index contributed by atoms with van der Waals surface area (Å²) in [6, 6.07) is 18.9. The minimum Gasteiger partial charge on any atom is -0.485 e. The molecule has 1 aliphatic heterocycles. The van der Waals surface area contributed by atoms with E-state index in [1.807, 2.05) is 48.5 Å². The number of anilines is 1. The van der Waals surface area contributed by atoms with Gasteiger partial charge >= 0.3 is 5.97 Å². The number of ether oxygens (including phenoxy) is 1. The number of carboxylic acids is 1. The molecule has 0 saturated carbocycles. The molecule has 3 aromatic rings. The number of hydrogen-bond donors (Lipinski definition) is 2. The maximum Gasteiger partial charge on any atom is 0.341 e. The highest BCUT2D eigenvalue weighted by Gasteiger charge is 2.44. The Balaban J connectivity index is 1.67. The average molecular weight is 442 g/mol. The number of hydrogen-bond acceptors (Lipinski definition) is 5. The van der Waals surface area contributed by atoms with Gasteiger partial charge in [0.2, 0.25) is 5.91 Å². The number of amides is 1. The lowest BCUT2D eigenvalue weighted by atomic mass is 9.84. The monoisotopic (exact) mass is 442 g/mol. The van der Waals surface area contributed by atoms with Gasteiger partial charge in [-0.2, -0.15) is 0 Å². The van der Waals surface area contributed by atoms with Gasteiger partial charge in [-0.05, 0) is 42.0 Å². The van der Waals surface area contributed by atoms with E-state index in [4.69, 9.17) is 14.9 Å². The number of carboxylic acid groups (broad SMARTS) is 1. The molecule has 5 rings (SSSR count). The summed E-state index contributed by atoms with van der Waals surface area (Å²) in [5.41, 5.74) is 9.64. The van der Waals surface area contributed by atoms with Gasteiger partial charge in [-0.15, -0.1) is 0 Å². The van der Waals surface area contributed by atoms with Crippen molar-refractivity contribution in [2.75, 3.05) is 11.5 Å². The van der Waals surface area contributed by atoms with Gasteiger partial charge in [-0.3, -0.25) is 4.79 Å². The maximum absolute atomic E-state index is 12.3. The number of primary amides is 1. The van der Waals surface area contributed by atoms with Crippen molar-refractivity contribution in [3.63, 3.8) is 0 Å². The third-order valence-electron chi connectivity index (χ3n) is 5.99. The Morgan fingerprint density at radius 1 is 1.06 bits per heavy atom. The molecule has 7 nitrogen and oxygen atoms in total. The summed E-state index contributed by atoms with van der Waals surface area (Å²) in [5.74, 6) is -0.891. The second-order valence-corrected chi connectivity index (χ2v) is 8.01. The summed E-state index contributed by atoms with van der Waals surface area (Å²) in [7, 11) is 0. The van der Waals surface area contributed by atoms with E-state index in [1.165, 1.54) is 0 Å². The first-order valence-electron chi connectivity index (χ1n) is 10.6. The van der Waals surface area contributed by atoms with Crippen molar-refractivity contribution in [3.05, 3.63) is 107 Å². The fourth-order valence-electron chi connectivity index (χ4n) is 4.67. The fraction of sp³-hybridized carbons (Fsp3) is 0.154. The van der Waals surface area contributed by atoms with E-state index in [1.54, 1.807) is 24.5 Å². The quantitative estimate of drug-likeness (QED) is 0.574. The Morgan fingerprint density at radius 2 is 1.88 bits per heavy atom. The van der Waals surface area contributed by atoms with Gasteiger partial charge in [-0.25, -0.2) is 4.79 Å². The second kappa shape index (κ2) is 8.35. The third kappa shape index (κ3) is 3.78. The van der Waals surface area contributed by atoms with E-state index in [2.05, 4.69) is 11.0 Å². The highest BCUT2D eigenvalue weighted by molar-refractivity contribution is 5.97. The number of nitrogens with zero attached hydrogens (tertiary/aromatic N) is 1. The molecule has 1 aliphatic carbocycles. The van der Waals surface area contributed by atoms with Crippen LogP contribution in [0.3, 0.4) is 0 Å². The van der Waals surface area contributed by atoms with Crippen LogP contribution in [0.2, 0.25) is 0 Å². The lowest BCUT2D eigenvalue weighted by molar-refractivity contribution is -0.141. The van der Waals surface area contributed by atoms with Gasteiger partial charge < -0.3 is 24.9 Å². The van der Waals surface area contributed by atoms with E-state index in [0.29, 0.717) is 23.6 Å². The molecule has 0 saturated heterocycles. The molecular formula is C26H22N2O5. The average Bonchev–Trinajstić information content (AvgIpc) is 3.45. The Bertz CT molecular complexity index is 1260. The molecule has 1 amide bonds. The summed E-state index contributed by atoms with van der Waals surface area (Å²) in [6.45, 7) is 0.0958. The molecule has 2 atom stereocenters. The molecule has 0 bridgehead atoms. The van der Waals surface area contributed by atoms with E-state index in [9.17, 15) is 14.7 Å². The van der Waals surface area contributed by atoms with Crippen molar-refractivity contribution >= 4 is 23.1 Å². The summed E-state index contributed by atoms with van der Waals surface area (Å²) in [6.07, 6.45) is 5.45. The lowest BCUT2D eigenvalue weighted by Crippen LogP contribution is -2.35. The predicted molar refractivity (Wildman–Crippen MR) is 122 cm³/mol. The predicted octanol–water partition coefficient (Wildman–Crippen LogP) is 3.93. The minimum atomic E-state index is -1.08. The Hall–Kier alpha value is -4.26. The topological polar surface area (TPSA) is 106 Å². The van der Waals surface area contributed by atoms with Crippen LogP contribution >= 0.6 is 0 Å². The number of fused-ring (bicyclic) bond motifs is 3. The van der Waals surface area contributed by atoms with Crippen molar-refractivity contribution in [2.24, 2.45) is 5.73 Å². The van der Waals surface area contributed by atoms with Crippen LogP contribution in [-0.4, -0.2) is 29.6 Å². The van der Waals surface area contributed by atoms with Crippen LogP contribution in [0.1, 0.15) is 33.2 Å². The molecule has 1 aromatic heterocycles. The van der Waals surface area contributed by atoms with Crippen LogP contribution in [0, 0.1) is 0 Å². The lowest BCUT2D eigenvalue weighted by Gasteiger charge is -2.32. The molecular weight excluding hydrogens is 420 g/mol. The van der Waals surface area contributed by atoms with Crippen LogP contribution in [0.4, 0.5) is 5.69 Å². The van der Waals surface area contributed by atoms with Crippen molar-refractivity contribution in [3.8, 4) is 0 Å². The fourth-order valence-corrected chi connectivity index (χ4v) is 4.67. The maximum atomic E-state index is 12.3. The molecule has 0 spiro atoms. The van der Waals surface area contributed by atoms with Gasteiger partial charge in [0.25, 0.3) is 0 Å². The highest BCUT2D eigenvalue weighted by atomic mass is 16.5. The molecule has 2 aliphatic rings. The number of allylic oxidation sites excluding steroid dienone is 2. The first-order valence-corrected chi connectivity index (χ1v) is 10.6. The minimum absolute atomic E-state index is 0.227. The molecule has 0 fully saturated rings. The van der Waals surface area contributed by atoms with Crippen molar-refractivity contribution in [1.82, 2.24) is 0 Å². The Labute approximate surface area is 190 Å². The Morgan fingerprint density at radius 3 is 2.58 bits per heavy atom. The van der Waals surface area contributed by atoms with Crippen molar-refractivity contribution in [2.45, 2.75) is 18.5 Å². The standard InChI is InChI=1S/C26H22N2O5/c27-26(31)18-8-4-9-19-24(18)25-20(28(19)14-16-6-2-1-3-7-16)12-17(21-10-5-11-32-21)13-22(25)33-15-23(29)30/h1-13,20,25H,14-15H2,(H2,27,31)(H,29,30). The van der Waals surface area contributed by atoms with Crippen molar-refractivity contribution < 1.29 is 23.8 Å². The zero-order valence-electron chi connectivity index (χ0n) is 17.7. The number of nitrogens with two attached hydrogens (primary N) is 1. The molecule has 166 valence electrons. The third-order valence-corrected chi connectivity index (χ3v) is 5.99. The van der Waals surface area contributed by atoms with E-state index >= 15 is 0 Å². The van der Waals surface area contributed by atoms with Crippen LogP contribution in [0.25, 0.3) is 5.57 Å². The van der Waals surface area contributed by atoms with E-state index in [0.717, 1.165) is 22.4 Å². The number of benzene rings is 2. The molecule has 7 heteroatoms. The smallest absolute Gasteiger partial charge is 0.341 e. The molecule has 2 unspecified atom stereocenters. The molecule has 33 heavy (non-hydrogen) atoms. The largest absolute Gasteiger partial charge is 0.485 e. The summed E-state index contributed by atoms with van der Waals surface area (Å²) >= 11 is 0. The zero-order chi connectivity index (χ0) is 22.9. The molecule has 2 heterocycles. The van der Waals surface area contributed by atoms with Crippen LogP contribution in [0.15, 0.2) is 89.3 Å². The molecule has 2 aromatic carbocycles. The van der Waals surface area contributed by atoms with Crippen LogP contribution in [0.5, 0.6) is 0 Å². The summed E-state index contributed by atoms with van der Waals surface area (Å²) in [5, 5.41) is 9.25. The van der Waals surface area contributed by atoms with Crippen LogP contribution in [-0.2, 0) is 16.1 Å². The van der Waals surface area contributed by atoms with E-state index in [-0.39, 0.29) is 12.0 Å². The normalized spacial score (nSPS) is 18.7. The number of furan rings is 1. The molecule has 3 N–H and O–H groups in total. The van der Waals surface area contributed by atoms with Gasteiger partial charge in [-0.1, -0.05) is 36.4 Å². The first-order chi connectivity index (χ1) is 16.0. The number of carbonyl (C=O) groups excluding carboxylic acids is 1. The van der Waals surface area contributed by atoms with Gasteiger partial charge in [0.1, 0.15) is 11.5 Å². The first kappa shape index (κ1) is 20.6.